The number of nitrogens with zero attached hydrogens (tertiary/aromatic N) is 5. The Bertz CT molecular complexity index is 1550. The summed E-state index contributed by atoms with van der Waals surface area (Å²) in [5.74, 6) is -1.37. The summed E-state index contributed by atoms with van der Waals surface area (Å²) in [5, 5.41) is 28.9. The first-order chi connectivity index (χ1) is 19.1. The lowest BCUT2D eigenvalue weighted by Gasteiger charge is -2.38. The second kappa shape index (κ2) is 10.9. The lowest BCUT2D eigenvalue weighted by Crippen LogP contribution is -2.46. The molecule has 1 fully saturated rings. The molecule has 4 heterocycles. The van der Waals surface area contributed by atoms with Crippen molar-refractivity contribution in [1.82, 2.24) is 24.6 Å². The number of alkyl halides is 2. The third kappa shape index (κ3) is 5.11. The molecular weight excluding hydrogens is 525 g/mol. The fourth-order valence-electron chi connectivity index (χ4n) is 5.12. The Morgan fingerprint density at radius 3 is 2.58 bits per heavy atom. The van der Waals surface area contributed by atoms with Crippen LogP contribution in [0, 0.1) is 5.82 Å². The highest BCUT2D eigenvalue weighted by Gasteiger charge is 2.37. The highest BCUT2D eigenvalue weighted by Crippen LogP contribution is 2.38. The molecule has 0 radical (unpaired) electrons. The molecule has 0 aliphatic carbocycles. The summed E-state index contributed by atoms with van der Waals surface area (Å²) in [6.45, 7) is 1.56. The maximum atomic E-state index is 14.9. The van der Waals surface area contributed by atoms with Gasteiger partial charge in [0.05, 0.1) is 29.0 Å². The number of aryl methyl sites for hydroxylation is 1. The number of hydrogen-bond donors (Lipinski definition) is 3. The SMILES string of the molecule is C[C@@H](Nc1ccnc2c(-c3cnn(C)c3)nc(C3(O)CCN(C(=O)CO)CC3)cc12)c1cccc(C(F)F)c1F. The highest BCUT2D eigenvalue weighted by molar-refractivity contribution is 5.99. The number of nitrogens with one attached hydrogen (secondary N) is 1. The van der Waals surface area contributed by atoms with Crippen molar-refractivity contribution in [3.63, 3.8) is 0 Å². The Morgan fingerprint density at radius 2 is 1.93 bits per heavy atom. The third-order valence-electron chi connectivity index (χ3n) is 7.39. The van der Waals surface area contributed by atoms with Crippen LogP contribution in [-0.4, -0.2) is 60.5 Å². The van der Waals surface area contributed by atoms with Crippen LogP contribution in [0.15, 0.2) is 48.9 Å². The molecule has 5 rings (SSSR count). The summed E-state index contributed by atoms with van der Waals surface area (Å²) < 4.78 is 43.2. The zero-order chi connectivity index (χ0) is 28.6. The van der Waals surface area contributed by atoms with Gasteiger partial charge in [0.15, 0.2) is 0 Å². The molecule has 1 atom stereocenters. The number of benzene rings is 1. The Labute approximate surface area is 228 Å². The number of aliphatic hydroxyl groups is 2. The standard InChI is InChI=1S/C28H29F3N6O3/c1-16(18-4-3-5-19(24(18)29)27(30)31)34-21-6-9-32-26-20(21)12-22(35-25(26)17-13-33-36(2)14-17)28(40)7-10-37(11-8-28)23(39)15-38/h3-6,9,12-14,16,27,38,40H,7-8,10-11,15H2,1-2H3,(H,32,34)/t16-/m1/s1. The average Bonchev–Trinajstić information content (AvgIpc) is 3.38. The van der Waals surface area contributed by atoms with Gasteiger partial charge in [-0.1, -0.05) is 18.2 Å². The molecule has 1 amide bonds. The monoisotopic (exact) mass is 554 g/mol. The van der Waals surface area contributed by atoms with Gasteiger partial charge in [-0.3, -0.25) is 14.5 Å². The number of carbonyl (C=O) groups excluding carboxylic acids is 1. The van der Waals surface area contributed by atoms with Crippen molar-refractivity contribution in [3.8, 4) is 11.3 Å². The lowest BCUT2D eigenvalue weighted by atomic mass is 9.86. The van der Waals surface area contributed by atoms with Gasteiger partial charge in [0.25, 0.3) is 6.43 Å². The number of rotatable bonds is 7. The first kappa shape index (κ1) is 27.5. The van der Waals surface area contributed by atoms with E-state index in [1.54, 1.807) is 49.4 Å². The van der Waals surface area contributed by atoms with Crippen molar-refractivity contribution >= 4 is 22.5 Å². The third-order valence-corrected chi connectivity index (χ3v) is 7.39. The zero-order valence-corrected chi connectivity index (χ0v) is 22.0. The van der Waals surface area contributed by atoms with E-state index in [0.717, 1.165) is 6.07 Å². The molecule has 1 aromatic carbocycles. The smallest absolute Gasteiger partial charge is 0.266 e. The summed E-state index contributed by atoms with van der Waals surface area (Å²) in [6, 6.07) is 6.65. The van der Waals surface area contributed by atoms with Gasteiger partial charge in [-0.25, -0.2) is 18.2 Å². The van der Waals surface area contributed by atoms with E-state index in [1.807, 2.05) is 0 Å². The molecule has 3 aromatic heterocycles. The average molecular weight is 555 g/mol. The number of fused-ring (bicyclic) bond motifs is 1. The second-order valence-electron chi connectivity index (χ2n) is 10.0. The van der Waals surface area contributed by atoms with E-state index < -0.39 is 42.0 Å². The maximum absolute atomic E-state index is 14.9. The Kier molecular flexibility index (Phi) is 7.47. The number of pyridine rings is 2. The van der Waals surface area contributed by atoms with E-state index in [-0.39, 0.29) is 31.5 Å². The molecule has 12 heteroatoms. The summed E-state index contributed by atoms with van der Waals surface area (Å²) in [5.41, 5.74) is 0.618. The zero-order valence-electron chi connectivity index (χ0n) is 22.0. The normalized spacial score (nSPS) is 15.9. The van der Waals surface area contributed by atoms with Gasteiger partial charge in [-0.05, 0) is 31.9 Å². The molecule has 0 unspecified atom stereocenters. The van der Waals surface area contributed by atoms with E-state index in [1.165, 1.54) is 17.0 Å². The number of amides is 1. The van der Waals surface area contributed by atoms with Gasteiger partial charge in [-0.2, -0.15) is 5.10 Å². The largest absolute Gasteiger partial charge is 0.387 e. The van der Waals surface area contributed by atoms with Crippen molar-refractivity contribution in [1.29, 1.82) is 0 Å². The number of hydrogen-bond acceptors (Lipinski definition) is 7. The van der Waals surface area contributed by atoms with Crippen LogP contribution >= 0.6 is 0 Å². The van der Waals surface area contributed by atoms with Crippen molar-refractivity contribution in [3.05, 3.63) is 71.6 Å². The highest BCUT2D eigenvalue weighted by atomic mass is 19.3. The van der Waals surface area contributed by atoms with Crippen LogP contribution in [0.3, 0.4) is 0 Å². The molecule has 4 aromatic rings. The Hall–Kier alpha value is -4.03. The van der Waals surface area contributed by atoms with Gasteiger partial charge >= 0.3 is 0 Å². The minimum atomic E-state index is -2.94. The van der Waals surface area contributed by atoms with Crippen LogP contribution in [-0.2, 0) is 17.4 Å². The number of likely N-dealkylation sites (tertiary alicyclic amines) is 1. The molecule has 0 spiro atoms. The van der Waals surface area contributed by atoms with Gasteiger partial charge in [0, 0.05) is 54.7 Å². The van der Waals surface area contributed by atoms with Crippen molar-refractivity contribution < 1.29 is 28.2 Å². The molecule has 0 saturated carbocycles. The van der Waals surface area contributed by atoms with E-state index in [9.17, 15) is 28.2 Å². The van der Waals surface area contributed by atoms with Crippen LogP contribution in [0.5, 0.6) is 0 Å². The van der Waals surface area contributed by atoms with E-state index in [0.29, 0.717) is 33.5 Å². The molecule has 210 valence electrons. The number of halogens is 3. The van der Waals surface area contributed by atoms with Gasteiger partial charge in [-0.15, -0.1) is 0 Å². The molecule has 3 N–H and O–H groups in total. The summed E-state index contributed by atoms with van der Waals surface area (Å²) in [6.07, 6.45) is 2.44. The van der Waals surface area contributed by atoms with Crippen LogP contribution < -0.4 is 5.32 Å². The number of anilines is 1. The van der Waals surface area contributed by atoms with E-state index in [4.69, 9.17) is 4.98 Å². The van der Waals surface area contributed by atoms with E-state index in [2.05, 4.69) is 15.4 Å². The molecule has 40 heavy (non-hydrogen) atoms. The molecule has 0 bridgehead atoms. The fraction of sp³-hybridized carbons (Fsp3) is 0.357. The van der Waals surface area contributed by atoms with Crippen LogP contribution in [0.2, 0.25) is 0 Å². The quantitative estimate of drug-likeness (QED) is 0.315. The molecule has 1 saturated heterocycles. The maximum Gasteiger partial charge on any atom is 0.266 e. The molecule has 1 aliphatic heterocycles. The topological polar surface area (TPSA) is 116 Å². The predicted molar refractivity (Wildman–Crippen MR) is 142 cm³/mol. The van der Waals surface area contributed by atoms with Crippen molar-refractivity contribution in [2.45, 2.75) is 37.8 Å². The first-order valence-electron chi connectivity index (χ1n) is 12.8. The summed E-state index contributed by atoms with van der Waals surface area (Å²) in [7, 11) is 1.77. The van der Waals surface area contributed by atoms with Gasteiger partial charge < -0.3 is 20.4 Å². The molecule has 9 nitrogen and oxygen atoms in total. The van der Waals surface area contributed by atoms with Crippen molar-refractivity contribution in [2.24, 2.45) is 7.05 Å². The second-order valence-corrected chi connectivity index (χ2v) is 10.0. The number of aromatic nitrogens is 4. The number of carbonyl (C=O) groups is 1. The van der Waals surface area contributed by atoms with Crippen molar-refractivity contribution in [2.75, 3.05) is 25.0 Å². The Morgan fingerprint density at radius 1 is 1.20 bits per heavy atom. The van der Waals surface area contributed by atoms with E-state index >= 15 is 0 Å². The van der Waals surface area contributed by atoms with Gasteiger partial charge in [0.1, 0.15) is 23.7 Å². The number of aliphatic hydroxyl groups excluding tert-OH is 1. The van der Waals surface area contributed by atoms with Crippen LogP contribution in [0.25, 0.3) is 22.2 Å². The van der Waals surface area contributed by atoms with Crippen LogP contribution in [0.4, 0.5) is 18.9 Å². The summed E-state index contributed by atoms with van der Waals surface area (Å²) in [4.78, 5) is 22.8. The molecular formula is C28H29F3N6O3. The minimum Gasteiger partial charge on any atom is -0.387 e. The van der Waals surface area contributed by atoms with Gasteiger partial charge in [0.2, 0.25) is 5.91 Å². The predicted octanol–water partition coefficient (Wildman–Crippen LogP) is 4.08. The number of piperidine rings is 1. The summed E-state index contributed by atoms with van der Waals surface area (Å²) >= 11 is 0. The first-order valence-corrected chi connectivity index (χ1v) is 12.8. The fourth-order valence-corrected chi connectivity index (χ4v) is 5.12. The molecule has 1 aliphatic rings. The van der Waals surface area contributed by atoms with Crippen LogP contribution in [0.1, 0.15) is 49.1 Å². The minimum absolute atomic E-state index is 0.0871. The lowest BCUT2D eigenvalue weighted by molar-refractivity contribution is -0.138. The Balaban J connectivity index is 1.59.